The molecule has 0 aliphatic carbocycles. The first-order valence-electron chi connectivity index (χ1n) is 6.34. The van der Waals surface area contributed by atoms with Crippen LogP contribution in [-0.2, 0) is 0 Å². The monoisotopic (exact) mass is 319 g/mol. The fraction of sp³-hybridized carbons (Fsp3) is 0.250. The third-order valence-corrected chi connectivity index (χ3v) is 3.37. The summed E-state index contributed by atoms with van der Waals surface area (Å²) in [5.41, 5.74) is 3.70. The van der Waals surface area contributed by atoms with Gasteiger partial charge in [0.15, 0.2) is 0 Å². The fourth-order valence-corrected chi connectivity index (χ4v) is 2.22. The molecule has 0 saturated heterocycles. The third-order valence-electron chi connectivity index (χ3n) is 2.88. The molecule has 0 unspecified atom stereocenters. The normalized spacial score (nSPS) is 10.3. The highest BCUT2D eigenvalue weighted by Crippen LogP contribution is 2.18. The summed E-state index contributed by atoms with van der Waals surface area (Å²) in [7, 11) is 0. The van der Waals surface area contributed by atoms with Crippen LogP contribution in [0.3, 0.4) is 0 Å². The zero-order chi connectivity index (χ0) is 13.7. The van der Waals surface area contributed by atoms with Gasteiger partial charge in [0.1, 0.15) is 12.4 Å². The van der Waals surface area contributed by atoms with Gasteiger partial charge in [-0.05, 0) is 49.2 Å². The molecule has 0 aromatic heterocycles. The predicted octanol–water partition coefficient (Wildman–Crippen LogP) is 4.56. The van der Waals surface area contributed by atoms with Gasteiger partial charge < -0.3 is 10.1 Å². The van der Waals surface area contributed by atoms with Gasteiger partial charge in [-0.1, -0.05) is 34.1 Å². The van der Waals surface area contributed by atoms with E-state index in [1.165, 1.54) is 16.8 Å². The Morgan fingerprint density at radius 2 is 1.95 bits per heavy atom. The number of hydrogen-bond donors (Lipinski definition) is 1. The molecule has 2 aromatic carbocycles. The topological polar surface area (TPSA) is 21.3 Å². The van der Waals surface area contributed by atoms with E-state index in [1.807, 2.05) is 24.3 Å². The highest BCUT2D eigenvalue weighted by molar-refractivity contribution is 9.10. The summed E-state index contributed by atoms with van der Waals surface area (Å²) in [5, 5.41) is 3.40. The number of halogens is 1. The van der Waals surface area contributed by atoms with E-state index in [1.54, 1.807) is 0 Å². The van der Waals surface area contributed by atoms with E-state index < -0.39 is 0 Å². The van der Waals surface area contributed by atoms with Crippen molar-refractivity contribution in [2.24, 2.45) is 0 Å². The molecule has 0 aliphatic rings. The summed E-state index contributed by atoms with van der Waals surface area (Å²) in [6, 6.07) is 14.3. The first kappa shape index (κ1) is 13.9. The first-order valence-corrected chi connectivity index (χ1v) is 7.14. The Labute approximate surface area is 122 Å². The molecule has 0 fully saturated rings. The molecule has 2 rings (SSSR count). The van der Waals surface area contributed by atoms with E-state index in [-0.39, 0.29) is 0 Å². The van der Waals surface area contributed by atoms with Crippen molar-refractivity contribution in [3.63, 3.8) is 0 Å². The van der Waals surface area contributed by atoms with Crippen molar-refractivity contribution >= 4 is 21.6 Å². The SMILES string of the molecule is Cc1ccc(C)c(NCCOc2cccc(Br)c2)c1. The van der Waals surface area contributed by atoms with E-state index in [9.17, 15) is 0 Å². The van der Waals surface area contributed by atoms with Crippen molar-refractivity contribution in [3.8, 4) is 5.75 Å². The lowest BCUT2D eigenvalue weighted by atomic mass is 10.1. The number of ether oxygens (including phenoxy) is 1. The average molecular weight is 320 g/mol. The number of hydrogen-bond acceptors (Lipinski definition) is 2. The molecule has 100 valence electrons. The molecular weight excluding hydrogens is 302 g/mol. The molecule has 2 nitrogen and oxygen atoms in total. The van der Waals surface area contributed by atoms with Crippen LogP contribution in [0.1, 0.15) is 11.1 Å². The number of benzene rings is 2. The van der Waals surface area contributed by atoms with Crippen molar-refractivity contribution in [2.75, 3.05) is 18.5 Å². The van der Waals surface area contributed by atoms with Gasteiger partial charge in [0, 0.05) is 16.7 Å². The van der Waals surface area contributed by atoms with Gasteiger partial charge in [-0.25, -0.2) is 0 Å². The Hall–Kier alpha value is -1.48. The molecule has 19 heavy (non-hydrogen) atoms. The maximum absolute atomic E-state index is 5.69. The van der Waals surface area contributed by atoms with Crippen molar-refractivity contribution in [1.82, 2.24) is 0 Å². The predicted molar refractivity (Wildman–Crippen MR) is 84.0 cm³/mol. The van der Waals surface area contributed by atoms with Gasteiger partial charge in [-0.3, -0.25) is 0 Å². The van der Waals surface area contributed by atoms with Crippen molar-refractivity contribution in [1.29, 1.82) is 0 Å². The minimum absolute atomic E-state index is 0.643. The number of nitrogens with one attached hydrogen (secondary N) is 1. The number of aryl methyl sites for hydroxylation is 2. The maximum Gasteiger partial charge on any atom is 0.120 e. The van der Waals surface area contributed by atoms with Gasteiger partial charge in [-0.15, -0.1) is 0 Å². The van der Waals surface area contributed by atoms with Crippen molar-refractivity contribution < 1.29 is 4.74 Å². The molecule has 0 aliphatic heterocycles. The summed E-state index contributed by atoms with van der Waals surface area (Å²) < 4.78 is 6.72. The molecule has 0 bridgehead atoms. The van der Waals surface area contributed by atoms with Crippen LogP contribution < -0.4 is 10.1 Å². The molecular formula is C16H18BrNO. The Morgan fingerprint density at radius 3 is 2.74 bits per heavy atom. The lowest BCUT2D eigenvalue weighted by Gasteiger charge is -2.11. The molecule has 0 saturated carbocycles. The van der Waals surface area contributed by atoms with E-state index in [4.69, 9.17) is 4.74 Å². The smallest absolute Gasteiger partial charge is 0.120 e. The average Bonchev–Trinajstić information content (AvgIpc) is 2.39. The van der Waals surface area contributed by atoms with Crippen LogP contribution in [0, 0.1) is 13.8 Å². The van der Waals surface area contributed by atoms with Crippen molar-refractivity contribution in [3.05, 3.63) is 58.1 Å². The molecule has 2 aromatic rings. The lowest BCUT2D eigenvalue weighted by molar-refractivity contribution is 0.332. The van der Waals surface area contributed by atoms with Crippen LogP contribution in [0.4, 0.5) is 5.69 Å². The molecule has 0 radical (unpaired) electrons. The molecule has 3 heteroatoms. The van der Waals surface area contributed by atoms with E-state index in [0.29, 0.717) is 6.61 Å². The summed E-state index contributed by atoms with van der Waals surface area (Å²) in [4.78, 5) is 0. The minimum atomic E-state index is 0.643. The molecule has 0 heterocycles. The van der Waals surface area contributed by atoms with Crippen LogP contribution in [0.25, 0.3) is 0 Å². The molecule has 1 N–H and O–H groups in total. The minimum Gasteiger partial charge on any atom is -0.492 e. The van der Waals surface area contributed by atoms with Crippen LogP contribution in [0.15, 0.2) is 46.9 Å². The number of anilines is 1. The van der Waals surface area contributed by atoms with Crippen LogP contribution >= 0.6 is 15.9 Å². The van der Waals surface area contributed by atoms with Gasteiger partial charge in [0.25, 0.3) is 0 Å². The van der Waals surface area contributed by atoms with Gasteiger partial charge in [0.2, 0.25) is 0 Å². The zero-order valence-corrected chi connectivity index (χ0v) is 12.8. The summed E-state index contributed by atoms with van der Waals surface area (Å²) in [6.45, 7) is 5.64. The van der Waals surface area contributed by atoms with Gasteiger partial charge >= 0.3 is 0 Å². The highest BCUT2D eigenvalue weighted by atomic mass is 79.9. The highest BCUT2D eigenvalue weighted by Gasteiger charge is 1.98. The summed E-state index contributed by atoms with van der Waals surface area (Å²) in [5.74, 6) is 0.886. The Balaban J connectivity index is 1.82. The standard InChI is InChI=1S/C16H18BrNO/c1-12-6-7-13(2)16(10-12)18-8-9-19-15-5-3-4-14(17)11-15/h3-7,10-11,18H,8-9H2,1-2H3. The van der Waals surface area contributed by atoms with Crippen LogP contribution in [-0.4, -0.2) is 13.2 Å². The largest absolute Gasteiger partial charge is 0.492 e. The zero-order valence-electron chi connectivity index (χ0n) is 11.2. The van der Waals surface area contributed by atoms with E-state index >= 15 is 0 Å². The van der Waals surface area contributed by atoms with Crippen molar-refractivity contribution in [2.45, 2.75) is 13.8 Å². The van der Waals surface area contributed by atoms with E-state index in [0.717, 1.165) is 16.8 Å². The van der Waals surface area contributed by atoms with Crippen LogP contribution in [0.5, 0.6) is 5.75 Å². The second-order valence-electron chi connectivity index (χ2n) is 4.55. The lowest BCUT2D eigenvalue weighted by Crippen LogP contribution is -2.12. The maximum atomic E-state index is 5.69. The summed E-state index contributed by atoms with van der Waals surface area (Å²) in [6.07, 6.45) is 0. The first-order chi connectivity index (χ1) is 9.15. The molecule has 0 spiro atoms. The molecule has 0 atom stereocenters. The van der Waals surface area contributed by atoms with Crippen LogP contribution in [0.2, 0.25) is 0 Å². The fourth-order valence-electron chi connectivity index (χ4n) is 1.84. The van der Waals surface area contributed by atoms with Gasteiger partial charge in [0.05, 0.1) is 0 Å². The van der Waals surface area contributed by atoms with E-state index in [2.05, 4.69) is 53.3 Å². The number of rotatable bonds is 5. The Kier molecular flexibility index (Phi) is 4.86. The Morgan fingerprint density at radius 1 is 1.11 bits per heavy atom. The van der Waals surface area contributed by atoms with Gasteiger partial charge in [-0.2, -0.15) is 0 Å². The second-order valence-corrected chi connectivity index (χ2v) is 5.47. The summed E-state index contributed by atoms with van der Waals surface area (Å²) >= 11 is 3.43. The third kappa shape index (κ3) is 4.28. The second kappa shape index (κ2) is 6.62. The quantitative estimate of drug-likeness (QED) is 0.816. The Bertz CT molecular complexity index is 554. The molecule has 0 amide bonds.